The molecule has 0 saturated heterocycles. The standard InChI is InChI=1S/C4H10N.CH2S2.Co/c1-3-5-4-2;2-1-3;/h3-4H2,1-2H3;1H,(H,2,3);/q-1;;+2/p-1. The largest absolute Gasteiger partial charge is 0.436 e. The fourth-order valence-electron chi connectivity index (χ4n) is 0.224. The van der Waals surface area contributed by atoms with E-state index in [-0.39, 0.29) is 0 Å². The Balaban J connectivity index is 0. The Labute approximate surface area is 76.4 Å². The third-order valence-corrected chi connectivity index (χ3v) is 1.32. The van der Waals surface area contributed by atoms with Crippen molar-refractivity contribution in [2.75, 3.05) is 13.1 Å². The predicted octanol–water partition coefficient (Wildman–Crippen LogP) is 1.28. The summed E-state index contributed by atoms with van der Waals surface area (Å²) in [7, 11) is 0. The molecule has 0 N–H and O–H groups in total. The van der Waals surface area contributed by atoms with Crippen LogP contribution in [0.3, 0.4) is 0 Å². The minimum absolute atomic E-state index is 1.02. The molecule has 1 nitrogen and oxygen atoms in total. The Kier molecular flexibility index (Phi) is 16.0. The topological polar surface area (TPSA) is 3.24 Å². The van der Waals surface area contributed by atoms with Crippen LogP contribution in [-0.2, 0) is 28.6 Å². The molecular weight excluding hydrogens is 197 g/mol. The van der Waals surface area contributed by atoms with Gasteiger partial charge in [0.05, 0.1) is 0 Å². The second kappa shape index (κ2) is 11.6. The van der Waals surface area contributed by atoms with Crippen molar-refractivity contribution in [1.82, 2.24) is 3.95 Å². The first kappa shape index (κ1) is 12.5. The van der Waals surface area contributed by atoms with Crippen LogP contribution in [-0.4, -0.2) is 21.7 Å². The quantitative estimate of drug-likeness (QED) is 0.497. The van der Waals surface area contributed by atoms with Gasteiger partial charge in [-0.05, 0) is 0 Å². The number of rotatable bonds is 2. The van der Waals surface area contributed by atoms with Gasteiger partial charge in [0.15, 0.2) is 0 Å². The average Bonchev–Trinajstić information content (AvgIpc) is 1.88. The van der Waals surface area contributed by atoms with E-state index in [1.807, 2.05) is 3.95 Å². The SMILES string of the molecule is CC[N]([Co+])CC.S=C[S-]. The van der Waals surface area contributed by atoms with Gasteiger partial charge in [0.1, 0.15) is 0 Å². The van der Waals surface area contributed by atoms with E-state index in [2.05, 4.69) is 54.6 Å². The minimum atomic E-state index is 1.02. The van der Waals surface area contributed by atoms with Crippen molar-refractivity contribution in [2.24, 2.45) is 0 Å². The van der Waals surface area contributed by atoms with Gasteiger partial charge < -0.3 is 24.8 Å². The third-order valence-electron chi connectivity index (χ3n) is 0.658. The van der Waals surface area contributed by atoms with Crippen LogP contribution in [0.15, 0.2) is 0 Å². The van der Waals surface area contributed by atoms with Gasteiger partial charge in [-0.1, -0.05) is 0 Å². The average molecular weight is 208 g/mol. The van der Waals surface area contributed by atoms with Gasteiger partial charge in [0.2, 0.25) is 0 Å². The monoisotopic (exact) mass is 208 g/mol. The summed E-state index contributed by atoms with van der Waals surface area (Å²) in [6.45, 7) is 6.20. The fraction of sp³-hybridized carbons (Fsp3) is 0.800. The fourth-order valence-corrected chi connectivity index (χ4v) is 0.224. The second-order valence-corrected chi connectivity index (χ2v) is 2.59. The van der Waals surface area contributed by atoms with Crippen molar-refractivity contribution in [2.45, 2.75) is 13.8 Å². The van der Waals surface area contributed by atoms with Crippen LogP contribution in [0.1, 0.15) is 13.8 Å². The van der Waals surface area contributed by atoms with Crippen molar-refractivity contribution < 1.29 is 16.0 Å². The molecule has 0 fully saturated rings. The molecule has 0 rings (SSSR count). The van der Waals surface area contributed by atoms with E-state index in [0.717, 1.165) is 13.1 Å². The molecule has 0 aromatic carbocycles. The molecule has 9 heavy (non-hydrogen) atoms. The van der Waals surface area contributed by atoms with Gasteiger partial charge in [0, 0.05) is 0 Å². The molecule has 0 saturated carbocycles. The predicted molar refractivity (Wildman–Crippen MR) is 43.9 cm³/mol. The summed E-state index contributed by atoms with van der Waals surface area (Å²) in [4.78, 5) is 0. The van der Waals surface area contributed by atoms with Gasteiger partial charge in [0.25, 0.3) is 0 Å². The minimum Gasteiger partial charge on any atom is -0.436 e. The summed E-state index contributed by atoms with van der Waals surface area (Å²) in [5, 5.41) is 0. The van der Waals surface area contributed by atoms with Crippen molar-refractivity contribution in [3.8, 4) is 0 Å². The molecule has 0 radical (unpaired) electrons. The van der Waals surface area contributed by atoms with Crippen molar-refractivity contribution in [1.29, 1.82) is 0 Å². The molecule has 0 unspecified atom stereocenters. The summed E-state index contributed by atoms with van der Waals surface area (Å²) in [5.41, 5.74) is 0. The van der Waals surface area contributed by atoms with E-state index in [9.17, 15) is 0 Å². The van der Waals surface area contributed by atoms with E-state index < -0.39 is 0 Å². The molecule has 0 atom stereocenters. The first-order valence-electron chi connectivity index (χ1n) is 2.67. The number of nitrogens with zero attached hydrogens (tertiary/aromatic N) is 1. The van der Waals surface area contributed by atoms with Gasteiger partial charge in [-0.15, -0.1) is 0 Å². The smallest absolute Gasteiger partial charge is 0.167 e. The Hall–Kier alpha value is 0.776. The molecule has 0 amide bonds. The summed E-state index contributed by atoms with van der Waals surface area (Å²) in [6.07, 6.45) is 0. The Morgan fingerprint density at radius 2 is 1.78 bits per heavy atom. The first-order chi connectivity index (χ1) is 4.22. The zero-order chi connectivity index (χ0) is 7.70. The second-order valence-electron chi connectivity index (χ2n) is 1.16. The van der Waals surface area contributed by atoms with Crippen LogP contribution in [0.2, 0.25) is 0 Å². The Morgan fingerprint density at radius 3 is 1.78 bits per heavy atom. The van der Waals surface area contributed by atoms with E-state index >= 15 is 0 Å². The molecule has 57 valence electrons. The van der Waals surface area contributed by atoms with E-state index in [1.165, 1.54) is 4.70 Å². The maximum Gasteiger partial charge on any atom is -0.167 e. The molecule has 0 aromatic rings. The Bertz CT molecular complexity index is 56.9. The maximum absolute atomic E-state index is 4.11. The van der Waals surface area contributed by atoms with Gasteiger partial charge in [-0.25, -0.2) is 0 Å². The molecular formula is C5H11CoNS2. The molecule has 4 heteroatoms. The zero-order valence-electron chi connectivity index (χ0n) is 5.59. The maximum atomic E-state index is 4.11. The van der Waals surface area contributed by atoms with E-state index in [4.69, 9.17) is 0 Å². The van der Waals surface area contributed by atoms with Crippen molar-refractivity contribution in [3.63, 3.8) is 0 Å². The number of hydrogen-bond acceptors (Lipinski definition) is 3. The van der Waals surface area contributed by atoms with Crippen LogP contribution in [0.4, 0.5) is 0 Å². The molecule has 0 bridgehead atoms. The normalized spacial score (nSPS) is 8.00. The van der Waals surface area contributed by atoms with Crippen LogP contribution in [0.5, 0.6) is 0 Å². The molecule has 0 heterocycles. The van der Waals surface area contributed by atoms with E-state index in [1.54, 1.807) is 0 Å². The molecule has 0 aromatic heterocycles. The van der Waals surface area contributed by atoms with Crippen molar-refractivity contribution >= 4 is 29.5 Å². The van der Waals surface area contributed by atoms with Gasteiger partial charge in [-0.3, -0.25) is 0 Å². The zero-order valence-corrected chi connectivity index (χ0v) is 8.26. The molecule has 0 spiro atoms. The van der Waals surface area contributed by atoms with Crippen molar-refractivity contribution in [3.05, 3.63) is 0 Å². The molecule has 0 aliphatic heterocycles. The van der Waals surface area contributed by atoms with Crippen LogP contribution in [0.25, 0.3) is 0 Å². The summed E-state index contributed by atoms with van der Waals surface area (Å²) in [6, 6.07) is 0. The van der Waals surface area contributed by atoms with Crippen LogP contribution < -0.4 is 0 Å². The van der Waals surface area contributed by atoms with Gasteiger partial charge in [-0.2, -0.15) is 4.70 Å². The summed E-state index contributed by atoms with van der Waals surface area (Å²) in [5.74, 6) is 0. The summed E-state index contributed by atoms with van der Waals surface area (Å²) >= 11 is 12.3. The first-order valence-corrected chi connectivity index (χ1v) is 4.08. The van der Waals surface area contributed by atoms with Crippen LogP contribution >= 0.6 is 12.2 Å². The van der Waals surface area contributed by atoms with Gasteiger partial charge >= 0.3 is 46.8 Å². The molecule has 0 aliphatic carbocycles. The van der Waals surface area contributed by atoms with E-state index in [0.29, 0.717) is 0 Å². The number of hydrogen-bond donors (Lipinski definition) is 0. The number of thiocarbonyl (C=S) groups is 1. The van der Waals surface area contributed by atoms with Crippen LogP contribution in [0, 0.1) is 0 Å². The Morgan fingerprint density at radius 1 is 1.56 bits per heavy atom. The third kappa shape index (κ3) is 17.7. The summed E-state index contributed by atoms with van der Waals surface area (Å²) < 4.78 is 3.10. The molecule has 0 aliphatic rings.